The van der Waals surface area contributed by atoms with Gasteiger partial charge in [0.15, 0.2) is 0 Å². The first-order valence-corrected chi connectivity index (χ1v) is 13.2. The summed E-state index contributed by atoms with van der Waals surface area (Å²) in [7, 11) is -3.29. The highest BCUT2D eigenvalue weighted by Crippen LogP contribution is 2.37. The van der Waals surface area contributed by atoms with Gasteiger partial charge < -0.3 is 21.1 Å². The molecule has 0 bridgehead atoms. The van der Waals surface area contributed by atoms with Crippen LogP contribution >= 0.6 is 0 Å². The third-order valence-corrected chi connectivity index (χ3v) is 7.57. The first-order chi connectivity index (χ1) is 17.5. The Balaban J connectivity index is 1.78. The van der Waals surface area contributed by atoms with Crippen LogP contribution in [-0.2, 0) is 19.6 Å². The van der Waals surface area contributed by atoms with Crippen LogP contribution in [0.15, 0.2) is 54.6 Å². The molecule has 0 atom stereocenters. The number of benzene rings is 2. The fraction of sp³-hybridized carbons (Fsp3) is 0.192. The molecule has 2 amide bonds. The molecule has 0 radical (unpaired) electrons. The van der Waals surface area contributed by atoms with E-state index in [2.05, 4.69) is 10.3 Å². The van der Waals surface area contributed by atoms with Crippen LogP contribution in [0.5, 0.6) is 0 Å². The number of hydrogen-bond acceptors (Lipinski definition) is 5. The number of carbonyl (C=O) groups excluding carboxylic acids is 2. The number of H-pyrrole nitrogens is 1. The zero-order valence-corrected chi connectivity index (χ0v) is 21.1. The molecule has 192 valence electrons. The van der Waals surface area contributed by atoms with Crippen LogP contribution in [0, 0.1) is 6.92 Å². The molecule has 0 fully saturated rings. The molecule has 1 aliphatic heterocycles. The van der Waals surface area contributed by atoms with E-state index >= 15 is 0 Å². The number of rotatable bonds is 7. The summed E-state index contributed by atoms with van der Waals surface area (Å²) in [5.74, 6) is -2.39. The second kappa shape index (κ2) is 10.0. The lowest BCUT2D eigenvalue weighted by Gasteiger charge is -2.23. The van der Waals surface area contributed by atoms with Gasteiger partial charge >= 0.3 is 5.97 Å². The Morgan fingerprint density at radius 2 is 1.89 bits per heavy atom. The Kier molecular flexibility index (Phi) is 7.01. The second-order valence-corrected chi connectivity index (χ2v) is 10.7. The molecule has 37 heavy (non-hydrogen) atoms. The predicted octanol–water partition coefficient (Wildman–Crippen LogP) is 2.87. The maximum absolute atomic E-state index is 12.2. The van der Waals surface area contributed by atoms with Crippen LogP contribution in [0.25, 0.3) is 27.6 Å². The molecule has 4 rings (SSSR count). The fourth-order valence-corrected chi connectivity index (χ4v) is 5.18. The van der Waals surface area contributed by atoms with Gasteiger partial charge in [-0.25, -0.2) is 13.2 Å². The molecule has 1 aliphatic rings. The summed E-state index contributed by atoms with van der Waals surface area (Å²) in [5.41, 5.74) is 11.1. The van der Waals surface area contributed by atoms with Crippen LogP contribution < -0.4 is 11.1 Å². The summed E-state index contributed by atoms with van der Waals surface area (Å²) in [6, 6.07) is 10.7. The Morgan fingerprint density at radius 1 is 1.14 bits per heavy atom. The van der Waals surface area contributed by atoms with Gasteiger partial charge in [0, 0.05) is 42.0 Å². The van der Waals surface area contributed by atoms with Crippen molar-refractivity contribution < 1.29 is 27.9 Å². The van der Waals surface area contributed by atoms with Gasteiger partial charge in [-0.15, -0.1) is 0 Å². The topological polar surface area (TPSA) is 163 Å². The molecule has 10 nitrogen and oxygen atoms in total. The van der Waals surface area contributed by atoms with Gasteiger partial charge in [0.1, 0.15) is 0 Å². The molecular formula is C26H26N4O6S. The third-order valence-electron chi connectivity index (χ3n) is 6.31. The molecule has 0 spiro atoms. The number of aliphatic carboxylic acids is 1. The Labute approximate surface area is 213 Å². The zero-order valence-electron chi connectivity index (χ0n) is 20.2. The Morgan fingerprint density at radius 3 is 2.51 bits per heavy atom. The van der Waals surface area contributed by atoms with E-state index < -0.39 is 27.8 Å². The van der Waals surface area contributed by atoms with Gasteiger partial charge in [0.25, 0.3) is 5.91 Å². The Bertz CT molecular complexity index is 1600. The largest absolute Gasteiger partial charge is 0.478 e. The molecule has 0 unspecified atom stereocenters. The van der Waals surface area contributed by atoms with Gasteiger partial charge in [-0.1, -0.05) is 24.3 Å². The quantitative estimate of drug-likeness (QED) is 0.349. The summed E-state index contributed by atoms with van der Waals surface area (Å²) in [6.45, 7) is 2.44. The fourth-order valence-electron chi connectivity index (χ4n) is 4.41. The number of nitrogens with one attached hydrogen (secondary N) is 2. The lowest BCUT2D eigenvalue weighted by Crippen LogP contribution is -2.33. The third kappa shape index (κ3) is 5.47. The highest BCUT2D eigenvalue weighted by Gasteiger charge is 2.23. The molecule has 3 aromatic rings. The first kappa shape index (κ1) is 25.9. The maximum Gasteiger partial charge on any atom is 0.328 e. The molecule has 0 saturated carbocycles. The SMILES string of the molecule is Cc1c(NC(=O)/C=C/C(=O)O)cccc1-c1ccc(C(N)=O)c2[nH]c(C3=CCN(S(C)(=O)=O)CC3)cc12. The van der Waals surface area contributed by atoms with Crippen molar-refractivity contribution in [1.29, 1.82) is 0 Å². The van der Waals surface area contributed by atoms with Crippen molar-refractivity contribution in [2.75, 3.05) is 24.7 Å². The zero-order chi connectivity index (χ0) is 26.9. The van der Waals surface area contributed by atoms with Crippen LogP contribution in [-0.4, -0.2) is 59.9 Å². The number of primary amides is 1. The van der Waals surface area contributed by atoms with Gasteiger partial charge in [0.05, 0.1) is 17.3 Å². The average Bonchev–Trinajstić information content (AvgIpc) is 3.28. The number of aromatic nitrogens is 1. The summed E-state index contributed by atoms with van der Waals surface area (Å²) in [5, 5.41) is 12.2. The number of carbonyl (C=O) groups is 3. The van der Waals surface area contributed by atoms with Crippen LogP contribution in [0.1, 0.15) is 28.0 Å². The molecule has 2 aromatic carbocycles. The molecule has 5 N–H and O–H groups in total. The molecular weight excluding hydrogens is 496 g/mol. The summed E-state index contributed by atoms with van der Waals surface area (Å²) in [4.78, 5) is 38.3. The van der Waals surface area contributed by atoms with Crippen molar-refractivity contribution in [2.24, 2.45) is 5.73 Å². The van der Waals surface area contributed by atoms with E-state index in [1.807, 2.05) is 25.1 Å². The summed E-state index contributed by atoms with van der Waals surface area (Å²) >= 11 is 0. The number of nitrogens with zero attached hydrogens (tertiary/aromatic N) is 1. The summed E-state index contributed by atoms with van der Waals surface area (Å²) in [6.07, 6.45) is 5.24. The number of anilines is 1. The number of nitrogens with two attached hydrogens (primary N) is 1. The van der Waals surface area contributed by atoms with E-state index in [0.29, 0.717) is 29.7 Å². The number of sulfonamides is 1. The average molecular weight is 523 g/mol. The van der Waals surface area contributed by atoms with Gasteiger partial charge in [-0.2, -0.15) is 4.31 Å². The smallest absolute Gasteiger partial charge is 0.328 e. The summed E-state index contributed by atoms with van der Waals surface area (Å²) < 4.78 is 25.1. The minimum absolute atomic E-state index is 0.260. The van der Waals surface area contributed by atoms with E-state index in [4.69, 9.17) is 10.8 Å². The van der Waals surface area contributed by atoms with Gasteiger partial charge in [-0.3, -0.25) is 9.59 Å². The lowest BCUT2D eigenvalue weighted by molar-refractivity contribution is -0.131. The van der Waals surface area contributed by atoms with E-state index in [9.17, 15) is 22.8 Å². The van der Waals surface area contributed by atoms with Crippen molar-refractivity contribution >= 4 is 50.0 Å². The Hall–Kier alpha value is -4.22. The number of amides is 2. The highest BCUT2D eigenvalue weighted by molar-refractivity contribution is 7.88. The second-order valence-electron chi connectivity index (χ2n) is 8.74. The van der Waals surface area contributed by atoms with Crippen LogP contribution in [0.3, 0.4) is 0 Å². The van der Waals surface area contributed by atoms with Crippen molar-refractivity contribution in [2.45, 2.75) is 13.3 Å². The van der Waals surface area contributed by atoms with Crippen molar-refractivity contribution in [1.82, 2.24) is 9.29 Å². The highest BCUT2D eigenvalue weighted by atomic mass is 32.2. The first-order valence-electron chi connectivity index (χ1n) is 11.4. The van der Waals surface area contributed by atoms with Crippen molar-refractivity contribution in [3.05, 3.63) is 71.4 Å². The lowest BCUT2D eigenvalue weighted by atomic mass is 9.94. The number of aromatic amines is 1. The standard InChI is InChI=1S/C26H26N4O6S/c1-15-17(4-3-5-21(15)28-23(31)8-9-24(32)33)18-6-7-19(26(27)34)25-20(18)14-22(29-25)16-10-12-30(13-11-16)37(2,35)36/h3-10,14,29H,11-13H2,1-2H3,(H2,27,34)(H,28,31)(H,32,33)/b9-8+. The van der Waals surface area contributed by atoms with Crippen molar-refractivity contribution in [3.8, 4) is 11.1 Å². The minimum atomic E-state index is -3.29. The number of carboxylic acid groups (broad SMARTS) is 1. The molecule has 1 aromatic heterocycles. The molecule has 0 aliphatic carbocycles. The minimum Gasteiger partial charge on any atom is -0.478 e. The van der Waals surface area contributed by atoms with E-state index in [1.54, 1.807) is 24.3 Å². The maximum atomic E-state index is 12.2. The monoisotopic (exact) mass is 522 g/mol. The van der Waals surface area contributed by atoms with Gasteiger partial charge in [0.2, 0.25) is 15.9 Å². The van der Waals surface area contributed by atoms with Gasteiger partial charge in [-0.05, 0) is 53.8 Å². The predicted molar refractivity (Wildman–Crippen MR) is 141 cm³/mol. The number of hydrogen-bond donors (Lipinski definition) is 4. The van der Waals surface area contributed by atoms with E-state index in [-0.39, 0.29) is 6.54 Å². The molecule has 11 heteroatoms. The number of fused-ring (bicyclic) bond motifs is 1. The van der Waals surface area contributed by atoms with Crippen molar-refractivity contribution in [3.63, 3.8) is 0 Å². The molecule has 2 heterocycles. The molecule has 0 saturated heterocycles. The van der Waals surface area contributed by atoms with Crippen LogP contribution in [0.2, 0.25) is 0 Å². The van der Waals surface area contributed by atoms with E-state index in [0.717, 1.165) is 45.5 Å². The van der Waals surface area contributed by atoms with E-state index in [1.165, 1.54) is 10.6 Å². The normalized spacial score (nSPS) is 14.6. The van der Waals surface area contributed by atoms with Crippen LogP contribution in [0.4, 0.5) is 5.69 Å². The number of carboxylic acids is 1.